The molecule has 2 aromatic rings. The van der Waals surface area contributed by atoms with Crippen molar-refractivity contribution in [2.45, 2.75) is 0 Å². The highest BCUT2D eigenvalue weighted by Crippen LogP contribution is 2.13. The molecular formula is C8H6N4. The average Bonchev–Trinajstić information content (AvgIpc) is 2.48. The first-order valence-corrected chi connectivity index (χ1v) is 3.49. The topological polar surface area (TPSA) is 54.5 Å². The molecule has 0 amide bonds. The van der Waals surface area contributed by atoms with Crippen molar-refractivity contribution in [1.82, 2.24) is 14.5 Å². The van der Waals surface area contributed by atoms with Gasteiger partial charge < -0.3 is 4.57 Å². The van der Waals surface area contributed by atoms with Crippen molar-refractivity contribution in [2.75, 3.05) is 0 Å². The van der Waals surface area contributed by atoms with Crippen LogP contribution in [0.25, 0.3) is 11.0 Å². The first-order valence-electron chi connectivity index (χ1n) is 3.49. The summed E-state index contributed by atoms with van der Waals surface area (Å²) in [4.78, 5) is 7.90. The van der Waals surface area contributed by atoms with Crippen LogP contribution < -0.4 is 0 Å². The fourth-order valence-electron chi connectivity index (χ4n) is 1.17. The van der Waals surface area contributed by atoms with Crippen molar-refractivity contribution in [3.63, 3.8) is 0 Å². The van der Waals surface area contributed by atoms with Gasteiger partial charge in [0, 0.05) is 13.2 Å². The van der Waals surface area contributed by atoms with Gasteiger partial charge in [-0.05, 0) is 6.07 Å². The summed E-state index contributed by atoms with van der Waals surface area (Å²) in [6.45, 7) is 0. The standard InChI is InChI=1S/C8H6N4/c1-12-3-2-6-7(4-9)10-5-11-8(6)12/h2-3,5H,1H3. The van der Waals surface area contributed by atoms with Gasteiger partial charge in [0.05, 0.1) is 5.39 Å². The van der Waals surface area contributed by atoms with E-state index in [1.807, 2.05) is 29.9 Å². The normalized spacial score (nSPS) is 10.0. The van der Waals surface area contributed by atoms with Gasteiger partial charge >= 0.3 is 0 Å². The summed E-state index contributed by atoms with van der Waals surface area (Å²) >= 11 is 0. The molecular weight excluding hydrogens is 152 g/mol. The summed E-state index contributed by atoms with van der Waals surface area (Å²) in [5, 5.41) is 9.50. The van der Waals surface area contributed by atoms with Gasteiger partial charge in [0.1, 0.15) is 18.0 Å². The lowest BCUT2D eigenvalue weighted by Gasteiger charge is -1.93. The Morgan fingerprint density at radius 3 is 3.08 bits per heavy atom. The highest BCUT2D eigenvalue weighted by Gasteiger charge is 2.04. The number of rotatable bonds is 0. The van der Waals surface area contributed by atoms with Crippen molar-refractivity contribution in [3.8, 4) is 6.07 Å². The van der Waals surface area contributed by atoms with E-state index >= 15 is 0 Å². The van der Waals surface area contributed by atoms with Crippen molar-refractivity contribution in [1.29, 1.82) is 5.26 Å². The van der Waals surface area contributed by atoms with Gasteiger partial charge in [-0.1, -0.05) is 0 Å². The highest BCUT2D eigenvalue weighted by atomic mass is 15.0. The fourth-order valence-corrected chi connectivity index (χ4v) is 1.17. The molecule has 4 nitrogen and oxygen atoms in total. The van der Waals surface area contributed by atoms with Crippen LogP contribution in [0, 0.1) is 11.3 Å². The zero-order valence-corrected chi connectivity index (χ0v) is 6.52. The maximum atomic E-state index is 8.70. The maximum Gasteiger partial charge on any atom is 0.153 e. The van der Waals surface area contributed by atoms with Crippen LogP contribution in [-0.2, 0) is 7.05 Å². The molecule has 0 aliphatic carbocycles. The van der Waals surface area contributed by atoms with Crippen molar-refractivity contribution < 1.29 is 0 Å². The molecule has 2 aromatic heterocycles. The Morgan fingerprint density at radius 1 is 1.50 bits per heavy atom. The first-order chi connectivity index (χ1) is 5.83. The van der Waals surface area contributed by atoms with E-state index in [-0.39, 0.29) is 0 Å². The maximum absolute atomic E-state index is 8.70. The second-order valence-electron chi connectivity index (χ2n) is 2.50. The molecule has 0 unspecified atom stereocenters. The third kappa shape index (κ3) is 0.768. The Kier molecular flexibility index (Phi) is 1.31. The molecule has 2 heterocycles. The Morgan fingerprint density at radius 2 is 2.33 bits per heavy atom. The lowest BCUT2D eigenvalue weighted by Crippen LogP contribution is -1.90. The van der Waals surface area contributed by atoms with Crippen molar-refractivity contribution in [3.05, 3.63) is 24.3 Å². The van der Waals surface area contributed by atoms with Crippen LogP contribution in [0.4, 0.5) is 0 Å². The molecule has 0 bridgehead atoms. The van der Waals surface area contributed by atoms with Crippen LogP contribution in [0.5, 0.6) is 0 Å². The van der Waals surface area contributed by atoms with Crippen LogP contribution >= 0.6 is 0 Å². The third-order valence-electron chi connectivity index (χ3n) is 1.77. The highest BCUT2D eigenvalue weighted by molar-refractivity contribution is 5.80. The summed E-state index contributed by atoms with van der Waals surface area (Å²) in [7, 11) is 1.89. The second-order valence-corrected chi connectivity index (χ2v) is 2.50. The number of fused-ring (bicyclic) bond motifs is 1. The Balaban J connectivity index is 2.92. The second kappa shape index (κ2) is 2.31. The zero-order valence-electron chi connectivity index (χ0n) is 6.52. The molecule has 0 radical (unpaired) electrons. The van der Waals surface area contributed by atoms with Crippen molar-refractivity contribution in [2.24, 2.45) is 7.05 Å². The minimum absolute atomic E-state index is 0.431. The Hall–Kier alpha value is -1.89. The lowest BCUT2D eigenvalue weighted by molar-refractivity contribution is 0.942. The Labute approximate surface area is 69.1 Å². The lowest BCUT2D eigenvalue weighted by atomic mass is 10.3. The number of aryl methyl sites for hydroxylation is 1. The van der Waals surface area contributed by atoms with Crippen LogP contribution in [-0.4, -0.2) is 14.5 Å². The Bertz CT molecular complexity index is 463. The number of hydrogen-bond donors (Lipinski definition) is 0. The van der Waals surface area contributed by atoms with Crippen molar-refractivity contribution >= 4 is 11.0 Å². The predicted octanol–water partition coefficient (Wildman–Crippen LogP) is 0.840. The average molecular weight is 158 g/mol. The minimum atomic E-state index is 0.431. The van der Waals surface area contributed by atoms with Crippen LogP contribution in [0.1, 0.15) is 5.69 Å². The molecule has 0 aliphatic heterocycles. The summed E-state index contributed by atoms with van der Waals surface area (Å²) in [5.74, 6) is 0. The van der Waals surface area contributed by atoms with E-state index in [4.69, 9.17) is 5.26 Å². The third-order valence-corrected chi connectivity index (χ3v) is 1.77. The van der Waals surface area contributed by atoms with Crippen LogP contribution in [0.2, 0.25) is 0 Å². The molecule has 2 rings (SSSR count). The number of hydrogen-bond acceptors (Lipinski definition) is 3. The number of nitrogens with zero attached hydrogens (tertiary/aromatic N) is 4. The molecule has 0 spiro atoms. The molecule has 0 atom stereocenters. The predicted molar refractivity (Wildman–Crippen MR) is 43.2 cm³/mol. The largest absolute Gasteiger partial charge is 0.335 e. The van der Waals surface area contributed by atoms with E-state index in [1.165, 1.54) is 6.33 Å². The van der Waals surface area contributed by atoms with Crippen LogP contribution in [0.15, 0.2) is 18.6 Å². The van der Waals surface area contributed by atoms with E-state index in [1.54, 1.807) is 0 Å². The van der Waals surface area contributed by atoms with Gasteiger partial charge in [-0.2, -0.15) is 5.26 Å². The van der Waals surface area contributed by atoms with E-state index in [2.05, 4.69) is 9.97 Å². The molecule has 0 aromatic carbocycles. The van der Waals surface area contributed by atoms with Gasteiger partial charge in [0.2, 0.25) is 0 Å². The molecule has 4 heteroatoms. The van der Waals surface area contributed by atoms with Gasteiger partial charge in [0.15, 0.2) is 5.69 Å². The molecule has 0 saturated heterocycles. The molecule has 0 aliphatic rings. The first kappa shape index (κ1) is 6.80. The molecule has 0 fully saturated rings. The summed E-state index contributed by atoms with van der Waals surface area (Å²) in [6, 6.07) is 3.86. The van der Waals surface area contributed by atoms with E-state index < -0.39 is 0 Å². The van der Waals surface area contributed by atoms with E-state index in [9.17, 15) is 0 Å². The minimum Gasteiger partial charge on any atom is -0.335 e. The molecule has 12 heavy (non-hydrogen) atoms. The molecule has 0 N–H and O–H groups in total. The smallest absolute Gasteiger partial charge is 0.153 e. The fraction of sp³-hybridized carbons (Fsp3) is 0.125. The van der Waals surface area contributed by atoms with E-state index in [0.717, 1.165) is 11.0 Å². The van der Waals surface area contributed by atoms with Gasteiger partial charge in [0.25, 0.3) is 0 Å². The van der Waals surface area contributed by atoms with Crippen LogP contribution in [0.3, 0.4) is 0 Å². The number of aromatic nitrogens is 3. The van der Waals surface area contributed by atoms with Gasteiger partial charge in [-0.25, -0.2) is 9.97 Å². The quantitative estimate of drug-likeness (QED) is 0.570. The zero-order chi connectivity index (χ0) is 8.55. The number of nitriles is 1. The van der Waals surface area contributed by atoms with Gasteiger partial charge in [-0.15, -0.1) is 0 Å². The monoisotopic (exact) mass is 158 g/mol. The summed E-state index contributed by atoms with van der Waals surface area (Å²) in [5.41, 5.74) is 1.22. The summed E-state index contributed by atoms with van der Waals surface area (Å²) in [6.07, 6.45) is 3.26. The summed E-state index contributed by atoms with van der Waals surface area (Å²) < 4.78 is 1.86. The SMILES string of the molecule is Cn1ccc2c(C#N)ncnc21. The molecule has 58 valence electrons. The molecule has 0 saturated carbocycles. The van der Waals surface area contributed by atoms with E-state index in [0.29, 0.717) is 5.69 Å². The van der Waals surface area contributed by atoms with Gasteiger partial charge in [-0.3, -0.25) is 0 Å².